The first-order chi connectivity index (χ1) is 12.8. The summed E-state index contributed by atoms with van der Waals surface area (Å²) in [4.78, 5) is -0.339. The van der Waals surface area contributed by atoms with Crippen molar-refractivity contribution in [2.24, 2.45) is 0 Å². The Morgan fingerprint density at radius 3 is 2.07 bits per heavy atom. The number of hydrogen-bond acceptors (Lipinski definition) is 5. The van der Waals surface area contributed by atoms with Crippen molar-refractivity contribution in [1.82, 2.24) is 0 Å². The zero-order valence-electron chi connectivity index (χ0n) is 17.2. The maximum absolute atomic E-state index is 12.7. The van der Waals surface area contributed by atoms with Gasteiger partial charge >= 0.3 is 0 Å². The van der Waals surface area contributed by atoms with Crippen LogP contribution < -0.4 is 0 Å². The molecule has 0 atom stereocenters. The summed E-state index contributed by atoms with van der Waals surface area (Å²) < 4.78 is 30.4. The van der Waals surface area contributed by atoms with Crippen molar-refractivity contribution >= 4 is 15.9 Å². The Hall–Kier alpha value is -2.52. The van der Waals surface area contributed by atoms with Crippen molar-refractivity contribution in [1.29, 1.82) is 5.26 Å². The average Bonchev–Trinajstić information content (AvgIpc) is 3.03. The largest absolute Gasteiger partial charge is 0.507 e. The van der Waals surface area contributed by atoms with Gasteiger partial charge in [-0.25, -0.2) is 8.42 Å². The maximum atomic E-state index is 12.7. The molecule has 0 spiro atoms. The number of nitriles is 1. The van der Waals surface area contributed by atoms with Crippen LogP contribution in [0.15, 0.2) is 39.9 Å². The zero-order valence-corrected chi connectivity index (χ0v) is 18.0. The van der Waals surface area contributed by atoms with Gasteiger partial charge in [0.2, 0.25) is 0 Å². The van der Waals surface area contributed by atoms with Crippen molar-refractivity contribution in [3.05, 3.63) is 57.9 Å². The lowest BCUT2D eigenvalue weighted by molar-refractivity contribution is 0.423. The summed E-state index contributed by atoms with van der Waals surface area (Å²) in [5.74, 6) is 0.0992. The minimum absolute atomic E-state index is 0.203. The van der Waals surface area contributed by atoms with Gasteiger partial charge in [0.1, 0.15) is 28.2 Å². The summed E-state index contributed by atoms with van der Waals surface area (Å²) in [5.41, 5.74) is 1.26. The van der Waals surface area contributed by atoms with Crippen LogP contribution in [0.5, 0.6) is 5.75 Å². The van der Waals surface area contributed by atoms with Crippen LogP contribution in [0.1, 0.15) is 64.0 Å². The van der Waals surface area contributed by atoms with Crippen LogP contribution in [0, 0.1) is 11.3 Å². The number of nitrogens with zero attached hydrogens (tertiary/aromatic N) is 1. The Morgan fingerprint density at radius 2 is 1.68 bits per heavy atom. The predicted octanol–water partition coefficient (Wildman–Crippen LogP) is 5.06. The molecule has 0 amide bonds. The molecule has 0 aliphatic heterocycles. The lowest BCUT2D eigenvalue weighted by Crippen LogP contribution is -2.17. The van der Waals surface area contributed by atoms with Crippen LogP contribution in [0.4, 0.5) is 0 Å². The van der Waals surface area contributed by atoms with Gasteiger partial charge in [-0.3, -0.25) is 0 Å². The third-order valence-corrected chi connectivity index (χ3v) is 5.95. The highest BCUT2D eigenvalue weighted by Gasteiger charge is 2.27. The van der Waals surface area contributed by atoms with E-state index in [4.69, 9.17) is 4.42 Å². The summed E-state index contributed by atoms with van der Waals surface area (Å²) in [6, 6.07) is 8.45. The van der Waals surface area contributed by atoms with Crippen molar-refractivity contribution < 1.29 is 17.9 Å². The van der Waals surface area contributed by atoms with E-state index in [1.165, 1.54) is 12.3 Å². The molecule has 0 bridgehead atoms. The molecule has 1 aromatic heterocycles. The van der Waals surface area contributed by atoms with Gasteiger partial charge in [0, 0.05) is 11.1 Å². The second-order valence-electron chi connectivity index (χ2n) is 8.92. The Bertz CT molecular complexity index is 991. The first-order valence-corrected chi connectivity index (χ1v) is 10.7. The maximum Gasteiger partial charge on any atom is 0.195 e. The fourth-order valence-corrected chi connectivity index (χ4v) is 4.04. The molecule has 0 fully saturated rings. The van der Waals surface area contributed by atoms with Crippen LogP contribution in [-0.2, 0) is 26.4 Å². The minimum atomic E-state index is -3.86. The quantitative estimate of drug-likeness (QED) is 0.723. The lowest BCUT2D eigenvalue weighted by atomic mass is 9.78. The van der Waals surface area contributed by atoms with Gasteiger partial charge in [-0.15, -0.1) is 0 Å². The van der Waals surface area contributed by atoms with E-state index < -0.39 is 9.84 Å². The predicted molar refractivity (Wildman–Crippen MR) is 110 cm³/mol. The highest BCUT2D eigenvalue weighted by Crippen LogP contribution is 2.40. The minimum Gasteiger partial charge on any atom is -0.507 e. The van der Waals surface area contributed by atoms with Crippen LogP contribution >= 0.6 is 0 Å². The van der Waals surface area contributed by atoms with E-state index in [0.717, 1.165) is 0 Å². The van der Waals surface area contributed by atoms with Crippen LogP contribution in [0.2, 0.25) is 0 Å². The van der Waals surface area contributed by atoms with Gasteiger partial charge in [-0.05, 0) is 46.7 Å². The van der Waals surface area contributed by atoms with Gasteiger partial charge in [-0.1, -0.05) is 41.5 Å². The molecule has 0 radical (unpaired) electrons. The van der Waals surface area contributed by atoms with Gasteiger partial charge in [0.25, 0.3) is 0 Å². The number of rotatable bonds is 4. The van der Waals surface area contributed by atoms with Crippen molar-refractivity contribution in [2.75, 3.05) is 0 Å². The van der Waals surface area contributed by atoms with Crippen LogP contribution in [-0.4, -0.2) is 13.5 Å². The highest BCUT2D eigenvalue weighted by molar-refractivity contribution is 7.94. The molecule has 150 valence electrons. The summed E-state index contributed by atoms with van der Waals surface area (Å²) in [6.07, 6.45) is 2.76. The van der Waals surface area contributed by atoms with E-state index in [-0.39, 0.29) is 33.0 Å². The van der Waals surface area contributed by atoms with E-state index in [2.05, 4.69) is 0 Å². The van der Waals surface area contributed by atoms with Crippen molar-refractivity contribution in [2.45, 2.75) is 58.1 Å². The van der Waals surface area contributed by atoms with Gasteiger partial charge in [0.15, 0.2) is 9.84 Å². The Morgan fingerprint density at radius 1 is 1.14 bits per heavy atom. The molecule has 0 aliphatic carbocycles. The van der Waals surface area contributed by atoms with Crippen LogP contribution in [0.25, 0.3) is 6.08 Å². The number of aromatic hydroxyl groups is 1. The van der Waals surface area contributed by atoms with Crippen LogP contribution in [0.3, 0.4) is 0 Å². The Balaban J connectivity index is 2.64. The summed E-state index contributed by atoms with van der Waals surface area (Å²) in [5, 5.41) is 20.3. The van der Waals surface area contributed by atoms with Gasteiger partial charge in [0.05, 0.1) is 6.26 Å². The number of benzene rings is 1. The number of hydrogen-bond donors (Lipinski definition) is 1. The molecule has 2 rings (SSSR count). The molecule has 0 aliphatic rings. The molecule has 0 saturated carbocycles. The molecule has 2 aromatic rings. The summed E-state index contributed by atoms with van der Waals surface area (Å²) >= 11 is 0. The number of phenols is 1. The molecule has 1 heterocycles. The van der Waals surface area contributed by atoms with Crippen molar-refractivity contribution in [3.8, 4) is 11.8 Å². The molecule has 6 heteroatoms. The third-order valence-electron chi connectivity index (χ3n) is 4.40. The zero-order chi connectivity index (χ0) is 21.3. The van der Waals surface area contributed by atoms with E-state index in [1.807, 2.05) is 41.5 Å². The number of allylic oxidation sites excluding steroid dienone is 1. The van der Waals surface area contributed by atoms with E-state index in [9.17, 15) is 18.8 Å². The molecule has 28 heavy (non-hydrogen) atoms. The first kappa shape index (κ1) is 21.8. The SMILES string of the molecule is CC(C)(C)c1cc(/C=C(\C#N)S(=O)(=O)Cc2ccco2)cc(C(C)(C)C)c1O. The van der Waals surface area contributed by atoms with Crippen molar-refractivity contribution in [3.63, 3.8) is 0 Å². The standard InChI is InChI=1S/C22H27NO4S/c1-21(2,3)18-11-15(12-19(20(18)24)22(4,5)6)10-17(13-23)28(25,26)14-16-8-7-9-27-16/h7-12,24H,14H2,1-6H3/b17-10+. The normalized spacial score (nSPS) is 13.4. The summed E-state index contributed by atoms with van der Waals surface area (Å²) in [6.45, 7) is 11.8. The Kier molecular flexibility index (Phi) is 5.82. The Labute approximate surface area is 167 Å². The van der Waals surface area contributed by atoms with Gasteiger partial charge in [-0.2, -0.15) is 5.26 Å². The highest BCUT2D eigenvalue weighted by atomic mass is 32.2. The smallest absolute Gasteiger partial charge is 0.195 e. The number of sulfone groups is 1. The first-order valence-electron chi connectivity index (χ1n) is 9.00. The van der Waals surface area contributed by atoms with E-state index in [1.54, 1.807) is 30.3 Å². The summed E-state index contributed by atoms with van der Waals surface area (Å²) in [7, 11) is -3.86. The number of furan rings is 1. The molecular weight excluding hydrogens is 374 g/mol. The molecule has 0 unspecified atom stereocenters. The van der Waals surface area contributed by atoms with Gasteiger partial charge < -0.3 is 9.52 Å². The third kappa shape index (κ3) is 4.85. The fraction of sp³-hybridized carbons (Fsp3) is 0.409. The lowest BCUT2D eigenvalue weighted by Gasteiger charge is -2.28. The molecule has 0 saturated heterocycles. The topological polar surface area (TPSA) is 91.3 Å². The molecule has 1 N–H and O–H groups in total. The van der Waals surface area contributed by atoms with E-state index >= 15 is 0 Å². The second-order valence-corrected chi connectivity index (χ2v) is 10.9. The fourth-order valence-electron chi connectivity index (χ4n) is 2.89. The molecule has 1 aromatic carbocycles. The average molecular weight is 402 g/mol. The molecular formula is C22H27NO4S. The number of phenolic OH excluding ortho intramolecular Hbond substituents is 1. The van der Waals surface area contributed by atoms with E-state index in [0.29, 0.717) is 16.7 Å². The molecule has 5 nitrogen and oxygen atoms in total. The second kappa shape index (κ2) is 7.48. The monoisotopic (exact) mass is 401 g/mol.